The lowest BCUT2D eigenvalue weighted by Gasteiger charge is -2.11. The summed E-state index contributed by atoms with van der Waals surface area (Å²) in [6.45, 7) is 0. The highest BCUT2D eigenvalue weighted by atomic mass is 32.1. The molecule has 0 bridgehead atoms. The minimum atomic E-state index is 0.781. The maximum Gasteiger partial charge on any atom is 0.0434 e. The fourth-order valence-electron chi connectivity index (χ4n) is 3.82. The summed E-state index contributed by atoms with van der Waals surface area (Å²) >= 11 is 1.85. The van der Waals surface area contributed by atoms with Crippen LogP contribution in [0.1, 0.15) is 0 Å². The molecule has 1 heterocycles. The molecule has 0 radical (unpaired) electrons. The van der Waals surface area contributed by atoms with Gasteiger partial charge in [-0.2, -0.15) is 0 Å². The van der Waals surface area contributed by atoms with Crippen LogP contribution >= 0.6 is 11.3 Å². The van der Waals surface area contributed by atoms with Gasteiger partial charge in [0, 0.05) is 26.6 Å². The maximum absolute atomic E-state index is 5.97. The zero-order valence-electron chi connectivity index (χ0n) is 16.5. The Bertz CT molecular complexity index is 1260. The molecule has 1 nitrogen and oxygen atoms in total. The van der Waals surface area contributed by atoms with Crippen LogP contribution in [-0.4, -0.2) is 0 Å². The van der Waals surface area contributed by atoms with Gasteiger partial charge >= 0.3 is 0 Å². The van der Waals surface area contributed by atoms with E-state index >= 15 is 0 Å². The molecule has 0 aliphatic rings. The molecular formula is C28H21NS. The highest BCUT2D eigenvalue weighted by molar-refractivity contribution is 7.20. The molecule has 4 aromatic carbocycles. The van der Waals surface area contributed by atoms with E-state index in [9.17, 15) is 0 Å². The van der Waals surface area contributed by atoms with E-state index in [1.54, 1.807) is 0 Å². The van der Waals surface area contributed by atoms with Gasteiger partial charge in [0.1, 0.15) is 0 Å². The van der Waals surface area contributed by atoms with Crippen molar-refractivity contribution in [3.8, 4) is 43.1 Å². The standard InChI is InChI=1S/C28H21NS/c29-24-18-16-23(17-19-24)28-26(21-12-6-2-7-13-21)25(20-10-4-1-5-11-20)27(30-28)22-14-8-3-9-15-22/h1-19H,29H2. The lowest BCUT2D eigenvalue weighted by Crippen LogP contribution is -1.86. The van der Waals surface area contributed by atoms with E-state index in [2.05, 4.69) is 103 Å². The van der Waals surface area contributed by atoms with Gasteiger partial charge in [0.15, 0.2) is 0 Å². The molecule has 0 fully saturated rings. The lowest BCUT2D eigenvalue weighted by atomic mass is 9.91. The summed E-state index contributed by atoms with van der Waals surface area (Å²) in [5.41, 5.74) is 14.2. The summed E-state index contributed by atoms with van der Waals surface area (Å²) in [7, 11) is 0. The molecule has 0 aliphatic heterocycles. The lowest BCUT2D eigenvalue weighted by molar-refractivity contribution is 1.61. The zero-order chi connectivity index (χ0) is 20.3. The number of nitrogens with two attached hydrogens (primary N) is 1. The highest BCUT2D eigenvalue weighted by Crippen LogP contribution is 2.51. The van der Waals surface area contributed by atoms with E-state index in [1.165, 1.54) is 43.1 Å². The number of benzene rings is 4. The van der Waals surface area contributed by atoms with Crippen molar-refractivity contribution in [1.82, 2.24) is 0 Å². The molecule has 0 saturated heterocycles. The van der Waals surface area contributed by atoms with Gasteiger partial charge < -0.3 is 5.73 Å². The molecule has 2 N–H and O–H groups in total. The first-order chi connectivity index (χ1) is 14.8. The molecule has 0 atom stereocenters. The van der Waals surface area contributed by atoms with Crippen LogP contribution < -0.4 is 5.73 Å². The third-order valence-electron chi connectivity index (χ3n) is 5.24. The molecule has 5 rings (SSSR count). The van der Waals surface area contributed by atoms with Crippen LogP contribution in [0.4, 0.5) is 5.69 Å². The van der Waals surface area contributed by atoms with Crippen molar-refractivity contribution in [3.63, 3.8) is 0 Å². The molecule has 0 spiro atoms. The van der Waals surface area contributed by atoms with E-state index in [-0.39, 0.29) is 0 Å². The second-order valence-corrected chi connectivity index (χ2v) is 8.25. The van der Waals surface area contributed by atoms with Crippen molar-refractivity contribution in [3.05, 3.63) is 115 Å². The first-order valence-electron chi connectivity index (χ1n) is 10.0. The number of hydrogen-bond donors (Lipinski definition) is 1. The molecule has 1 aromatic heterocycles. The summed E-state index contributed by atoms with van der Waals surface area (Å²) in [5.74, 6) is 0. The smallest absolute Gasteiger partial charge is 0.0434 e. The number of nitrogen functional groups attached to an aromatic ring is 1. The normalized spacial score (nSPS) is 10.8. The van der Waals surface area contributed by atoms with Crippen molar-refractivity contribution < 1.29 is 0 Å². The van der Waals surface area contributed by atoms with Crippen LogP contribution in [-0.2, 0) is 0 Å². The molecule has 0 saturated carbocycles. The topological polar surface area (TPSA) is 26.0 Å². The fraction of sp³-hybridized carbons (Fsp3) is 0. The van der Waals surface area contributed by atoms with E-state index in [4.69, 9.17) is 5.73 Å². The van der Waals surface area contributed by atoms with Crippen LogP contribution in [0.25, 0.3) is 43.1 Å². The van der Waals surface area contributed by atoms with Crippen LogP contribution in [0.3, 0.4) is 0 Å². The zero-order valence-corrected chi connectivity index (χ0v) is 17.3. The molecule has 2 heteroatoms. The van der Waals surface area contributed by atoms with Crippen molar-refractivity contribution in [2.45, 2.75) is 0 Å². The van der Waals surface area contributed by atoms with Crippen molar-refractivity contribution in [2.24, 2.45) is 0 Å². The quantitative estimate of drug-likeness (QED) is 0.302. The fourth-order valence-corrected chi connectivity index (χ4v) is 5.18. The van der Waals surface area contributed by atoms with E-state index in [0.29, 0.717) is 0 Å². The molecule has 0 aliphatic carbocycles. The Balaban J connectivity index is 1.88. The summed E-state index contributed by atoms with van der Waals surface area (Å²) in [5, 5.41) is 0. The number of rotatable bonds is 4. The average Bonchev–Trinajstić information content (AvgIpc) is 3.22. The molecule has 0 amide bonds. The van der Waals surface area contributed by atoms with Crippen LogP contribution in [0.5, 0.6) is 0 Å². The molecular weight excluding hydrogens is 382 g/mol. The molecule has 0 unspecified atom stereocenters. The van der Waals surface area contributed by atoms with Gasteiger partial charge in [0.2, 0.25) is 0 Å². The predicted molar refractivity (Wildman–Crippen MR) is 130 cm³/mol. The van der Waals surface area contributed by atoms with Crippen molar-refractivity contribution in [2.75, 3.05) is 5.73 Å². The Morgan fingerprint density at radius 3 is 1.20 bits per heavy atom. The van der Waals surface area contributed by atoms with Gasteiger partial charge in [-0.15, -0.1) is 11.3 Å². The molecule has 5 aromatic rings. The summed E-state index contributed by atoms with van der Waals surface area (Å²) < 4.78 is 0. The van der Waals surface area contributed by atoms with Gasteiger partial charge in [-0.1, -0.05) is 103 Å². The Hall–Kier alpha value is -3.62. The predicted octanol–water partition coefficient (Wildman–Crippen LogP) is 8.00. The minimum Gasteiger partial charge on any atom is -0.399 e. The Labute approximate surface area is 181 Å². The minimum absolute atomic E-state index is 0.781. The maximum atomic E-state index is 5.97. The third-order valence-corrected chi connectivity index (χ3v) is 6.53. The van der Waals surface area contributed by atoms with E-state index in [1.807, 2.05) is 23.5 Å². The summed E-state index contributed by atoms with van der Waals surface area (Å²) in [6.07, 6.45) is 0. The van der Waals surface area contributed by atoms with Gasteiger partial charge in [-0.3, -0.25) is 0 Å². The Morgan fingerprint density at radius 2 is 0.767 bits per heavy atom. The van der Waals surface area contributed by atoms with Gasteiger partial charge in [0.05, 0.1) is 0 Å². The number of anilines is 1. The van der Waals surface area contributed by atoms with Crippen molar-refractivity contribution >= 4 is 17.0 Å². The van der Waals surface area contributed by atoms with Gasteiger partial charge in [-0.25, -0.2) is 0 Å². The largest absolute Gasteiger partial charge is 0.399 e. The second-order valence-electron chi connectivity index (χ2n) is 7.23. The highest BCUT2D eigenvalue weighted by Gasteiger charge is 2.22. The molecule has 30 heavy (non-hydrogen) atoms. The van der Waals surface area contributed by atoms with Crippen LogP contribution in [0.15, 0.2) is 115 Å². The summed E-state index contributed by atoms with van der Waals surface area (Å²) in [4.78, 5) is 2.55. The van der Waals surface area contributed by atoms with Gasteiger partial charge in [0.25, 0.3) is 0 Å². The van der Waals surface area contributed by atoms with E-state index in [0.717, 1.165) is 5.69 Å². The van der Waals surface area contributed by atoms with Gasteiger partial charge in [-0.05, 0) is 34.4 Å². The third kappa shape index (κ3) is 3.42. The number of thiophene rings is 1. The first kappa shape index (κ1) is 18.4. The Kier molecular flexibility index (Phi) is 4.92. The van der Waals surface area contributed by atoms with Crippen LogP contribution in [0, 0.1) is 0 Å². The van der Waals surface area contributed by atoms with Crippen LogP contribution in [0.2, 0.25) is 0 Å². The monoisotopic (exact) mass is 403 g/mol. The average molecular weight is 404 g/mol. The summed E-state index contributed by atoms with van der Waals surface area (Å²) in [6, 6.07) is 40.3. The second kappa shape index (κ2) is 8.02. The SMILES string of the molecule is Nc1ccc(-c2sc(-c3ccccc3)c(-c3ccccc3)c2-c2ccccc2)cc1. The Morgan fingerprint density at radius 1 is 0.400 bits per heavy atom. The first-order valence-corrected chi connectivity index (χ1v) is 10.8. The van der Waals surface area contributed by atoms with E-state index < -0.39 is 0 Å². The van der Waals surface area contributed by atoms with Crippen molar-refractivity contribution in [1.29, 1.82) is 0 Å². The number of hydrogen-bond acceptors (Lipinski definition) is 2. The molecule has 144 valence electrons.